The van der Waals surface area contributed by atoms with Gasteiger partial charge in [0.2, 0.25) is 10.0 Å². The van der Waals surface area contributed by atoms with Gasteiger partial charge in [-0.1, -0.05) is 25.1 Å². The van der Waals surface area contributed by atoms with Crippen LogP contribution < -0.4 is 9.46 Å². The van der Waals surface area contributed by atoms with E-state index in [1.165, 1.54) is 54.4 Å². The molecule has 1 aliphatic heterocycles. The normalized spacial score (nSPS) is 18.7. The number of nitrogens with zero attached hydrogens (tertiary/aromatic N) is 2. The summed E-state index contributed by atoms with van der Waals surface area (Å²) in [7, 11) is -6.54. The number of hydrogen-bond acceptors (Lipinski definition) is 7. The van der Waals surface area contributed by atoms with Crippen LogP contribution in [0.25, 0.3) is 0 Å². The maximum atomic E-state index is 13.6. The molecule has 0 aromatic heterocycles. The third-order valence-electron chi connectivity index (χ3n) is 6.93. The highest BCUT2D eigenvalue weighted by molar-refractivity contribution is 7.92. The zero-order valence-electron chi connectivity index (χ0n) is 22.8. The number of carbonyl (C=O) groups is 1. The Kier molecular flexibility index (Phi) is 9.02. The molecule has 1 heterocycles. The Morgan fingerprint density at radius 2 is 1.71 bits per heavy atom. The summed E-state index contributed by atoms with van der Waals surface area (Å²) in [6.45, 7) is 3.20. The van der Waals surface area contributed by atoms with Crippen molar-refractivity contribution in [3.05, 3.63) is 84.2 Å². The second-order valence-electron chi connectivity index (χ2n) is 9.99. The molecule has 1 aliphatic rings. The van der Waals surface area contributed by atoms with Crippen molar-refractivity contribution in [1.82, 2.24) is 9.21 Å². The van der Waals surface area contributed by atoms with E-state index in [0.29, 0.717) is 0 Å². The molecule has 0 bridgehead atoms. The van der Waals surface area contributed by atoms with Gasteiger partial charge in [-0.05, 0) is 61.5 Å². The fourth-order valence-corrected chi connectivity index (χ4v) is 6.71. The lowest BCUT2D eigenvalue weighted by molar-refractivity contribution is 0.0387. The molecule has 3 aromatic carbocycles. The number of nitrogens with one attached hydrogen (secondary N) is 1. The van der Waals surface area contributed by atoms with Crippen LogP contribution in [0, 0.1) is 11.7 Å². The molecule has 41 heavy (non-hydrogen) atoms. The van der Waals surface area contributed by atoms with Gasteiger partial charge in [0.05, 0.1) is 34.5 Å². The predicted molar refractivity (Wildman–Crippen MR) is 151 cm³/mol. The number of likely N-dealkylation sites (N-methyl/N-ethyl adjacent to an activating group) is 1. The second kappa shape index (κ2) is 12.1. The summed E-state index contributed by atoms with van der Waals surface area (Å²) in [5, 5.41) is 9.87. The lowest BCUT2D eigenvalue weighted by atomic mass is 9.99. The summed E-state index contributed by atoms with van der Waals surface area (Å²) in [6, 6.07) is 15.9. The number of aliphatic hydroxyl groups is 1. The highest BCUT2D eigenvalue weighted by Crippen LogP contribution is 2.32. The lowest BCUT2D eigenvalue weighted by Crippen LogP contribution is -2.50. The number of hydrogen-bond donors (Lipinski definition) is 2. The molecule has 3 atom stereocenters. The maximum Gasteiger partial charge on any atom is 0.261 e. The quantitative estimate of drug-likeness (QED) is 0.383. The molecule has 0 fully saturated rings. The van der Waals surface area contributed by atoms with E-state index in [4.69, 9.17) is 4.74 Å². The molecule has 0 aliphatic carbocycles. The molecule has 2 N–H and O–H groups in total. The van der Waals surface area contributed by atoms with Gasteiger partial charge in [0.1, 0.15) is 17.7 Å². The Bertz CT molecular complexity index is 1600. The van der Waals surface area contributed by atoms with Gasteiger partial charge in [-0.25, -0.2) is 21.2 Å². The smallest absolute Gasteiger partial charge is 0.261 e. The van der Waals surface area contributed by atoms with E-state index < -0.39 is 43.9 Å². The molecule has 4 rings (SSSR count). The highest BCUT2D eigenvalue weighted by atomic mass is 32.2. The number of carbonyl (C=O) groups excluding carboxylic acids is 1. The van der Waals surface area contributed by atoms with Crippen LogP contribution in [-0.2, 0) is 20.0 Å². The molecule has 10 nitrogen and oxygen atoms in total. The Hall–Kier alpha value is -3.52. The van der Waals surface area contributed by atoms with Crippen LogP contribution in [0.2, 0.25) is 0 Å². The van der Waals surface area contributed by atoms with Crippen LogP contribution in [0.1, 0.15) is 24.2 Å². The number of anilines is 1. The van der Waals surface area contributed by atoms with Gasteiger partial charge in [-0.3, -0.25) is 9.52 Å². The van der Waals surface area contributed by atoms with Crippen LogP contribution in [0.4, 0.5) is 10.1 Å². The van der Waals surface area contributed by atoms with Crippen LogP contribution in [0.5, 0.6) is 5.75 Å². The molecule has 3 aromatic rings. The lowest BCUT2D eigenvalue weighted by Gasteiger charge is -2.38. The SMILES string of the molecule is C[C@H](CO)N1C[C@H](C)[C@H](CN(C)S(=O)(=O)c2ccc(F)cc2)Oc2ccc(NS(=O)(=O)c3ccccc3)cc2C1=O. The van der Waals surface area contributed by atoms with Gasteiger partial charge >= 0.3 is 0 Å². The number of halogens is 1. The van der Waals surface area contributed by atoms with Gasteiger partial charge in [-0.2, -0.15) is 4.31 Å². The van der Waals surface area contributed by atoms with Crippen LogP contribution in [0.15, 0.2) is 82.6 Å². The molecule has 220 valence electrons. The minimum atomic E-state index is -3.99. The van der Waals surface area contributed by atoms with E-state index in [-0.39, 0.29) is 52.4 Å². The second-order valence-corrected chi connectivity index (χ2v) is 13.7. The Balaban J connectivity index is 1.68. The minimum absolute atomic E-state index is 0.0455. The molecule has 13 heteroatoms. The van der Waals surface area contributed by atoms with Crippen molar-refractivity contribution in [2.45, 2.75) is 35.8 Å². The van der Waals surface area contributed by atoms with Crippen molar-refractivity contribution < 1.29 is 35.9 Å². The van der Waals surface area contributed by atoms with Gasteiger partial charge in [0.15, 0.2) is 0 Å². The summed E-state index contributed by atoms with van der Waals surface area (Å²) < 4.78 is 75.3. The van der Waals surface area contributed by atoms with E-state index in [9.17, 15) is 31.1 Å². The third-order valence-corrected chi connectivity index (χ3v) is 10.2. The first-order chi connectivity index (χ1) is 19.3. The summed E-state index contributed by atoms with van der Waals surface area (Å²) in [5.41, 5.74) is 0.182. The fraction of sp³-hybridized carbons (Fsp3) is 0.321. The molecule has 0 saturated heterocycles. The van der Waals surface area contributed by atoms with E-state index in [1.807, 2.05) is 0 Å². The molecule has 0 radical (unpaired) electrons. The van der Waals surface area contributed by atoms with Crippen molar-refractivity contribution in [1.29, 1.82) is 0 Å². The molecule has 0 spiro atoms. The topological polar surface area (TPSA) is 133 Å². The van der Waals surface area contributed by atoms with Crippen molar-refractivity contribution in [2.75, 3.05) is 31.5 Å². The van der Waals surface area contributed by atoms with Crippen LogP contribution >= 0.6 is 0 Å². The first-order valence-corrected chi connectivity index (χ1v) is 15.8. The van der Waals surface area contributed by atoms with Gasteiger partial charge < -0.3 is 14.7 Å². The van der Waals surface area contributed by atoms with E-state index in [0.717, 1.165) is 16.4 Å². The first-order valence-electron chi connectivity index (χ1n) is 12.9. The number of benzene rings is 3. The van der Waals surface area contributed by atoms with Gasteiger partial charge in [0.25, 0.3) is 15.9 Å². The summed E-state index contributed by atoms with van der Waals surface area (Å²) in [6.07, 6.45) is -0.734. The Morgan fingerprint density at radius 1 is 1.05 bits per heavy atom. The average Bonchev–Trinajstić information content (AvgIpc) is 2.95. The number of amides is 1. The largest absolute Gasteiger partial charge is 0.488 e. The highest BCUT2D eigenvalue weighted by Gasteiger charge is 2.35. The van der Waals surface area contributed by atoms with Crippen LogP contribution in [0.3, 0.4) is 0 Å². The van der Waals surface area contributed by atoms with Gasteiger partial charge in [0, 0.05) is 25.2 Å². The number of aliphatic hydroxyl groups excluding tert-OH is 1. The third kappa shape index (κ3) is 6.70. The monoisotopic (exact) mass is 605 g/mol. The number of rotatable bonds is 9. The minimum Gasteiger partial charge on any atom is -0.488 e. The predicted octanol–water partition coefficient (Wildman–Crippen LogP) is 3.17. The van der Waals surface area contributed by atoms with Crippen molar-refractivity contribution >= 4 is 31.6 Å². The zero-order chi connectivity index (χ0) is 29.9. The number of ether oxygens (including phenoxy) is 1. The van der Waals surface area contributed by atoms with E-state index in [2.05, 4.69) is 4.72 Å². The summed E-state index contributed by atoms with van der Waals surface area (Å²) in [4.78, 5) is 15.1. The van der Waals surface area contributed by atoms with Gasteiger partial charge in [-0.15, -0.1) is 0 Å². The Morgan fingerprint density at radius 3 is 2.34 bits per heavy atom. The molecular weight excluding hydrogens is 573 g/mol. The van der Waals surface area contributed by atoms with Crippen molar-refractivity contribution in [2.24, 2.45) is 5.92 Å². The van der Waals surface area contributed by atoms with Crippen molar-refractivity contribution in [3.8, 4) is 5.75 Å². The summed E-state index contributed by atoms with van der Waals surface area (Å²) in [5.74, 6) is -1.27. The molecular formula is C28H32FN3O7S2. The van der Waals surface area contributed by atoms with E-state index in [1.54, 1.807) is 32.0 Å². The molecule has 0 saturated carbocycles. The zero-order valence-corrected chi connectivity index (χ0v) is 24.4. The standard InChI is InChI=1S/C28H32FN3O7S2/c1-19-16-32(20(2)18-33)28(34)25-15-22(30-40(35,36)23-7-5-4-6-8-23)11-14-26(25)39-27(19)17-31(3)41(37,38)24-12-9-21(29)10-13-24/h4-15,19-20,27,30,33H,16-18H2,1-3H3/t19-,20+,27-/m0/s1. The Labute approximate surface area is 239 Å². The molecule has 0 unspecified atom stereocenters. The van der Waals surface area contributed by atoms with E-state index >= 15 is 0 Å². The van der Waals surface area contributed by atoms with Crippen LogP contribution in [-0.4, -0.2) is 75.9 Å². The van der Waals surface area contributed by atoms with Crippen molar-refractivity contribution in [3.63, 3.8) is 0 Å². The number of fused-ring (bicyclic) bond motifs is 1. The number of sulfonamides is 2. The first kappa shape index (κ1) is 30.4. The fourth-order valence-electron chi connectivity index (χ4n) is 4.46. The molecule has 1 amide bonds. The average molecular weight is 606 g/mol. The summed E-state index contributed by atoms with van der Waals surface area (Å²) >= 11 is 0. The maximum absolute atomic E-state index is 13.6.